The van der Waals surface area contributed by atoms with Crippen LogP contribution in [0.4, 0.5) is 5.13 Å². The number of thiazole rings is 1. The SMILES string of the molecule is O=C(Nc1ncc(Cc2ccc(Cl)cc2)s1)c1ccc(Oc2ccccc2)cc1. The highest BCUT2D eigenvalue weighted by atomic mass is 35.5. The number of carbonyl (C=O) groups is 1. The van der Waals surface area contributed by atoms with Crippen molar-refractivity contribution in [3.05, 3.63) is 106 Å². The number of carbonyl (C=O) groups excluding carboxylic acids is 1. The van der Waals surface area contributed by atoms with E-state index in [1.165, 1.54) is 11.3 Å². The second-order valence-corrected chi connectivity index (χ2v) is 7.88. The normalized spacial score (nSPS) is 10.5. The fourth-order valence-corrected chi connectivity index (χ4v) is 3.69. The molecule has 1 aromatic heterocycles. The first-order chi connectivity index (χ1) is 14.2. The van der Waals surface area contributed by atoms with Crippen LogP contribution in [0.5, 0.6) is 11.5 Å². The predicted octanol–water partition coefficient (Wildman–Crippen LogP) is 6.43. The van der Waals surface area contributed by atoms with Crippen molar-refractivity contribution in [2.45, 2.75) is 6.42 Å². The highest BCUT2D eigenvalue weighted by molar-refractivity contribution is 7.15. The number of hydrogen-bond donors (Lipinski definition) is 1. The Balaban J connectivity index is 1.36. The van der Waals surface area contributed by atoms with Gasteiger partial charge >= 0.3 is 0 Å². The minimum Gasteiger partial charge on any atom is -0.457 e. The summed E-state index contributed by atoms with van der Waals surface area (Å²) >= 11 is 7.38. The first-order valence-corrected chi connectivity index (χ1v) is 10.2. The monoisotopic (exact) mass is 420 g/mol. The van der Waals surface area contributed by atoms with Crippen molar-refractivity contribution in [2.75, 3.05) is 5.32 Å². The van der Waals surface area contributed by atoms with Gasteiger partial charge in [0.1, 0.15) is 11.5 Å². The fraction of sp³-hybridized carbons (Fsp3) is 0.0435. The summed E-state index contributed by atoms with van der Waals surface area (Å²) in [6, 6.07) is 24.2. The van der Waals surface area contributed by atoms with E-state index in [1.54, 1.807) is 30.5 Å². The lowest BCUT2D eigenvalue weighted by atomic mass is 10.1. The lowest BCUT2D eigenvalue weighted by Gasteiger charge is -2.06. The summed E-state index contributed by atoms with van der Waals surface area (Å²) in [7, 11) is 0. The van der Waals surface area contributed by atoms with Gasteiger partial charge in [0.05, 0.1) is 0 Å². The van der Waals surface area contributed by atoms with Crippen molar-refractivity contribution < 1.29 is 9.53 Å². The van der Waals surface area contributed by atoms with Crippen molar-refractivity contribution in [3.8, 4) is 11.5 Å². The highest BCUT2D eigenvalue weighted by Crippen LogP contribution is 2.24. The van der Waals surface area contributed by atoms with Crippen LogP contribution in [0.1, 0.15) is 20.8 Å². The number of nitrogens with zero attached hydrogens (tertiary/aromatic N) is 1. The first-order valence-electron chi connectivity index (χ1n) is 8.99. The third kappa shape index (κ3) is 5.22. The minimum atomic E-state index is -0.205. The molecule has 4 rings (SSSR count). The summed E-state index contributed by atoms with van der Waals surface area (Å²) in [5.41, 5.74) is 1.68. The van der Waals surface area contributed by atoms with Crippen molar-refractivity contribution in [2.24, 2.45) is 0 Å². The molecule has 0 radical (unpaired) electrons. The average molecular weight is 421 g/mol. The quantitative estimate of drug-likeness (QED) is 0.391. The molecule has 29 heavy (non-hydrogen) atoms. The van der Waals surface area contributed by atoms with E-state index < -0.39 is 0 Å². The maximum absolute atomic E-state index is 12.5. The van der Waals surface area contributed by atoms with Crippen LogP contribution < -0.4 is 10.1 Å². The van der Waals surface area contributed by atoms with Crippen LogP contribution in [0.3, 0.4) is 0 Å². The van der Waals surface area contributed by atoms with Crippen LogP contribution in [0.2, 0.25) is 5.02 Å². The van der Waals surface area contributed by atoms with Crippen molar-refractivity contribution in [1.29, 1.82) is 0 Å². The number of amides is 1. The summed E-state index contributed by atoms with van der Waals surface area (Å²) in [6.07, 6.45) is 2.53. The third-order valence-electron chi connectivity index (χ3n) is 4.16. The molecule has 4 nitrogen and oxygen atoms in total. The molecule has 0 aliphatic heterocycles. The zero-order chi connectivity index (χ0) is 20.1. The number of anilines is 1. The third-order valence-corrected chi connectivity index (χ3v) is 5.33. The van der Waals surface area contributed by atoms with E-state index in [4.69, 9.17) is 16.3 Å². The Kier molecular flexibility index (Phi) is 5.89. The standard InChI is InChI=1S/C23H17ClN2O2S/c24-18-10-6-16(7-11-18)14-21-15-25-23(29-21)26-22(27)17-8-12-20(13-9-17)28-19-4-2-1-3-5-19/h1-13,15H,14H2,(H,25,26,27). The van der Waals surface area contributed by atoms with Gasteiger partial charge in [-0.2, -0.15) is 0 Å². The van der Waals surface area contributed by atoms with Gasteiger partial charge in [-0.1, -0.05) is 41.9 Å². The molecule has 0 saturated heterocycles. The molecule has 3 aromatic carbocycles. The molecule has 0 unspecified atom stereocenters. The summed E-state index contributed by atoms with van der Waals surface area (Å²) in [5.74, 6) is 1.22. The molecule has 0 saturated carbocycles. The van der Waals surface area contributed by atoms with Crippen LogP contribution in [-0.2, 0) is 6.42 Å². The van der Waals surface area contributed by atoms with E-state index in [9.17, 15) is 4.79 Å². The first kappa shape index (κ1) is 19.2. The van der Waals surface area contributed by atoms with E-state index >= 15 is 0 Å². The topological polar surface area (TPSA) is 51.2 Å². The van der Waals surface area contributed by atoms with E-state index in [0.29, 0.717) is 21.5 Å². The molecule has 4 aromatic rings. The van der Waals surface area contributed by atoms with Gasteiger partial charge in [-0.05, 0) is 54.1 Å². The fourth-order valence-electron chi connectivity index (χ4n) is 2.72. The van der Waals surface area contributed by atoms with Crippen LogP contribution >= 0.6 is 22.9 Å². The Morgan fingerprint density at radius 3 is 2.34 bits per heavy atom. The van der Waals surface area contributed by atoms with Crippen LogP contribution in [0.25, 0.3) is 0 Å². The van der Waals surface area contributed by atoms with Crippen molar-refractivity contribution in [3.63, 3.8) is 0 Å². The summed E-state index contributed by atoms with van der Waals surface area (Å²) in [6.45, 7) is 0. The van der Waals surface area contributed by atoms with E-state index in [1.807, 2.05) is 54.6 Å². The molecule has 144 valence electrons. The molecule has 0 fully saturated rings. The largest absolute Gasteiger partial charge is 0.457 e. The van der Waals surface area contributed by atoms with Gasteiger partial charge in [-0.25, -0.2) is 4.98 Å². The number of para-hydroxylation sites is 1. The number of aromatic nitrogens is 1. The molecule has 0 aliphatic carbocycles. The Bertz CT molecular complexity index is 1090. The van der Waals surface area contributed by atoms with Crippen LogP contribution in [0, 0.1) is 0 Å². The Hall–Kier alpha value is -3.15. The number of ether oxygens (including phenoxy) is 1. The molecule has 1 amide bonds. The Morgan fingerprint density at radius 1 is 0.931 bits per heavy atom. The highest BCUT2D eigenvalue weighted by Gasteiger charge is 2.10. The predicted molar refractivity (Wildman–Crippen MR) is 117 cm³/mol. The number of benzene rings is 3. The van der Waals surface area contributed by atoms with Crippen LogP contribution in [-0.4, -0.2) is 10.9 Å². The molecule has 0 spiro atoms. The van der Waals surface area contributed by atoms with Gasteiger partial charge in [0.15, 0.2) is 5.13 Å². The summed E-state index contributed by atoms with van der Waals surface area (Å²) < 4.78 is 5.75. The van der Waals surface area contributed by atoms with Gasteiger partial charge in [0.25, 0.3) is 5.91 Å². The van der Waals surface area contributed by atoms with Crippen molar-refractivity contribution >= 4 is 34.0 Å². The zero-order valence-corrected chi connectivity index (χ0v) is 16.9. The Morgan fingerprint density at radius 2 is 1.62 bits per heavy atom. The van der Waals surface area contributed by atoms with Gasteiger partial charge < -0.3 is 4.74 Å². The smallest absolute Gasteiger partial charge is 0.257 e. The minimum absolute atomic E-state index is 0.205. The molecule has 0 atom stereocenters. The molecule has 0 aliphatic rings. The second kappa shape index (κ2) is 8.90. The number of halogens is 1. The molecule has 6 heteroatoms. The second-order valence-electron chi connectivity index (χ2n) is 6.33. The number of nitrogens with one attached hydrogen (secondary N) is 1. The van der Waals surface area contributed by atoms with Gasteiger partial charge in [0.2, 0.25) is 0 Å². The number of hydrogen-bond acceptors (Lipinski definition) is 4. The van der Waals surface area contributed by atoms with Gasteiger partial charge in [-0.3, -0.25) is 10.1 Å². The number of rotatable bonds is 6. The van der Waals surface area contributed by atoms with E-state index in [-0.39, 0.29) is 5.91 Å². The Labute approximate surface area is 177 Å². The summed E-state index contributed by atoms with van der Waals surface area (Å²) in [4.78, 5) is 17.9. The van der Waals surface area contributed by atoms with Crippen LogP contribution in [0.15, 0.2) is 85.1 Å². The zero-order valence-electron chi connectivity index (χ0n) is 15.3. The lowest BCUT2D eigenvalue weighted by molar-refractivity contribution is 0.102. The van der Waals surface area contributed by atoms with E-state index in [0.717, 1.165) is 22.6 Å². The summed E-state index contributed by atoms with van der Waals surface area (Å²) in [5, 5.41) is 4.14. The van der Waals surface area contributed by atoms with E-state index in [2.05, 4.69) is 10.3 Å². The van der Waals surface area contributed by atoms with Gasteiger partial charge in [0, 0.05) is 28.1 Å². The molecule has 1 heterocycles. The molecular formula is C23H17ClN2O2S. The lowest BCUT2D eigenvalue weighted by Crippen LogP contribution is -2.11. The maximum Gasteiger partial charge on any atom is 0.257 e. The maximum atomic E-state index is 12.5. The molecular weight excluding hydrogens is 404 g/mol. The molecule has 0 bridgehead atoms. The van der Waals surface area contributed by atoms with Gasteiger partial charge in [-0.15, -0.1) is 11.3 Å². The van der Waals surface area contributed by atoms with Crippen molar-refractivity contribution in [1.82, 2.24) is 4.98 Å². The average Bonchev–Trinajstić information content (AvgIpc) is 3.18. The molecule has 1 N–H and O–H groups in total.